The number of aryl methyl sites for hydroxylation is 1. The van der Waals surface area contributed by atoms with E-state index in [4.69, 9.17) is 0 Å². The molecule has 2 rings (SSSR count). The fourth-order valence-electron chi connectivity index (χ4n) is 4.57. The van der Waals surface area contributed by atoms with E-state index in [2.05, 4.69) is 31.2 Å². The molecule has 0 aliphatic heterocycles. The maximum absolute atomic E-state index is 12.4. The second kappa shape index (κ2) is 12.5. The maximum Gasteiger partial charge on any atom is 0.389 e. The van der Waals surface area contributed by atoms with Crippen molar-refractivity contribution in [1.29, 1.82) is 0 Å². The lowest BCUT2D eigenvalue weighted by molar-refractivity contribution is -0.138. The quantitative estimate of drug-likeness (QED) is 0.309. The van der Waals surface area contributed by atoms with Gasteiger partial charge in [0.2, 0.25) is 0 Å². The van der Waals surface area contributed by atoms with Gasteiger partial charge in [0.1, 0.15) is 0 Å². The lowest BCUT2D eigenvalue weighted by atomic mass is 9.77. The fraction of sp³-hybridized carbons (Fsp3) is 0.760. The number of alkyl halides is 3. The summed E-state index contributed by atoms with van der Waals surface area (Å²) in [6.45, 7) is 2.26. The Morgan fingerprint density at radius 1 is 0.786 bits per heavy atom. The highest BCUT2D eigenvalue weighted by molar-refractivity contribution is 5.26. The molecule has 0 spiro atoms. The average Bonchev–Trinajstić information content (AvgIpc) is 2.69. The summed E-state index contributed by atoms with van der Waals surface area (Å²) in [7, 11) is 0. The molecule has 0 atom stereocenters. The van der Waals surface area contributed by atoms with Crippen LogP contribution in [0, 0.1) is 5.92 Å². The van der Waals surface area contributed by atoms with Crippen LogP contribution in [0.1, 0.15) is 114 Å². The molecule has 0 amide bonds. The van der Waals surface area contributed by atoms with Crippen LogP contribution in [0.3, 0.4) is 0 Å². The molecule has 0 nitrogen and oxygen atoms in total. The first kappa shape index (κ1) is 23.3. The molecule has 1 fully saturated rings. The van der Waals surface area contributed by atoms with Gasteiger partial charge in [-0.25, -0.2) is 0 Å². The monoisotopic (exact) mass is 396 g/mol. The van der Waals surface area contributed by atoms with Gasteiger partial charge in [-0.1, -0.05) is 76.1 Å². The Hall–Kier alpha value is -0.990. The fourth-order valence-corrected chi connectivity index (χ4v) is 4.57. The van der Waals surface area contributed by atoms with E-state index in [-0.39, 0.29) is 5.92 Å². The largest absolute Gasteiger partial charge is 0.389 e. The predicted octanol–water partition coefficient (Wildman–Crippen LogP) is 8.99. The van der Waals surface area contributed by atoms with Crippen molar-refractivity contribution in [3.05, 3.63) is 35.4 Å². The van der Waals surface area contributed by atoms with Crippen LogP contribution in [0.15, 0.2) is 24.3 Å². The second-order valence-electron chi connectivity index (χ2n) is 8.84. The van der Waals surface area contributed by atoms with Crippen LogP contribution in [-0.4, -0.2) is 6.18 Å². The van der Waals surface area contributed by atoms with Gasteiger partial charge >= 0.3 is 6.18 Å². The van der Waals surface area contributed by atoms with Crippen molar-refractivity contribution in [2.45, 2.75) is 115 Å². The van der Waals surface area contributed by atoms with E-state index in [1.54, 1.807) is 0 Å². The standard InChI is InChI=1S/C25H39F3/c1-2-3-4-5-6-7-8-9-10-21-11-15-23(16-12-21)24-17-13-22(14-18-24)19-20-25(26,27)28/h11-12,15-16,22,24H,2-10,13-14,17-20H2,1H3/t22-,24-. The molecule has 0 saturated heterocycles. The van der Waals surface area contributed by atoms with Crippen LogP contribution in [0.2, 0.25) is 0 Å². The highest BCUT2D eigenvalue weighted by Gasteiger charge is 2.30. The van der Waals surface area contributed by atoms with Gasteiger partial charge in [0.15, 0.2) is 0 Å². The van der Waals surface area contributed by atoms with Gasteiger partial charge in [0, 0.05) is 6.42 Å². The van der Waals surface area contributed by atoms with E-state index in [1.807, 2.05) is 0 Å². The molecule has 0 aromatic heterocycles. The highest BCUT2D eigenvalue weighted by Crippen LogP contribution is 2.39. The normalized spacial score (nSPS) is 20.4. The van der Waals surface area contributed by atoms with Gasteiger partial charge in [-0.3, -0.25) is 0 Å². The summed E-state index contributed by atoms with van der Waals surface area (Å²) < 4.78 is 37.2. The molecule has 1 aliphatic carbocycles. The zero-order chi connectivity index (χ0) is 20.2. The van der Waals surface area contributed by atoms with E-state index in [0.29, 0.717) is 12.3 Å². The summed E-state index contributed by atoms with van der Waals surface area (Å²) in [5.74, 6) is 0.804. The molecule has 0 heterocycles. The van der Waals surface area contributed by atoms with Crippen molar-refractivity contribution in [1.82, 2.24) is 0 Å². The Labute approximate surface area is 170 Å². The molecule has 0 unspecified atom stereocenters. The van der Waals surface area contributed by atoms with Gasteiger partial charge < -0.3 is 0 Å². The molecule has 0 radical (unpaired) electrons. The molecule has 1 aromatic rings. The van der Waals surface area contributed by atoms with E-state index in [9.17, 15) is 13.2 Å². The second-order valence-corrected chi connectivity index (χ2v) is 8.84. The Morgan fingerprint density at radius 3 is 1.93 bits per heavy atom. The molecule has 1 aliphatic rings. The first-order valence-electron chi connectivity index (χ1n) is 11.6. The minimum absolute atomic E-state index is 0.263. The van der Waals surface area contributed by atoms with E-state index in [1.165, 1.54) is 68.9 Å². The number of benzene rings is 1. The van der Waals surface area contributed by atoms with E-state index < -0.39 is 12.6 Å². The van der Waals surface area contributed by atoms with Crippen molar-refractivity contribution in [2.75, 3.05) is 0 Å². The van der Waals surface area contributed by atoms with Crippen LogP contribution < -0.4 is 0 Å². The lowest BCUT2D eigenvalue weighted by Crippen LogP contribution is -2.16. The third kappa shape index (κ3) is 9.47. The smallest absolute Gasteiger partial charge is 0.171 e. The van der Waals surface area contributed by atoms with E-state index >= 15 is 0 Å². The summed E-state index contributed by atoms with van der Waals surface area (Å²) >= 11 is 0. The van der Waals surface area contributed by atoms with Crippen LogP contribution >= 0.6 is 0 Å². The Balaban J connectivity index is 1.61. The molecule has 1 aromatic carbocycles. The van der Waals surface area contributed by atoms with Crippen molar-refractivity contribution in [3.63, 3.8) is 0 Å². The number of rotatable bonds is 12. The minimum atomic E-state index is -4.00. The highest BCUT2D eigenvalue weighted by atomic mass is 19.4. The maximum atomic E-state index is 12.4. The lowest BCUT2D eigenvalue weighted by Gasteiger charge is -2.29. The Morgan fingerprint density at radius 2 is 1.36 bits per heavy atom. The third-order valence-corrected chi connectivity index (χ3v) is 6.45. The molecular weight excluding hydrogens is 357 g/mol. The van der Waals surface area contributed by atoms with Crippen LogP contribution in [0.5, 0.6) is 0 Å². The number of hydrogen-bond donors (Lipinski definition) is 0. The average molecular weight is 397 g/mol. The molecule has 1 saturated carbocycles. The van der Waals surface area contributed by atoms with Crippen LogP contribution in [-0.2, 0) is 6.42 Å². The first-order chi connectivity index (χ1) is 13.5. The zero-order valence-corrected chi connectivity index (χ0v) is 17.7. The molecule has 160 valence electrons. The molecular formula is C25H39F3. The third-order valence-electron chi connectivity index (χ3n) is 6.45. The molecule has 0 N–H and O–H groups in total. The summed E-state index contributed by atoms with van der Waals surface area (Å²) in [5, 5.41) is 0. The topological polar surface area (TPSA) is 0 Å². The van der Waals surface area contributed by atoms with Crippen molar-refractivity contribution < 1.29 is 13.2 Å². The molecule has 3 heteroatoms. The van der Waals surface area contributed by atoms with Gasteiger partial charge in [-0.05, 0) is 67.9 Å². The summed E-state index contributed by atoms with van der Waals surface area (Å²) in [5.41, 5.74) is 2.81. The summed E-state index contributed by atoms with van der Waals surface area (Å²) in [4.78, 5) is 0. The molecule has 28 heavy (non-hydrogen) atoms. The number of unbranched alkanes of at least 4 members (excludes halogenated alkanes) is 7. The van der Waals surface area contributed by atoms with Gasteiger partial charge in [-0.15, -0.1) is 0 Å². The van der Waals surface area contributed by atoms with Gasteiger partial charge in [-0.2, -0.15) is 13.2 Å². The van der Waals surface area contributed by atoms with Gasteiger partial charge in [0.05, 0.1) is 0 Å². The SMILES string of the molecule is CCCCCCCCCCc1ccc([C@H]2CC[C@H](CCC(F)(F)F)CC2)cc1. The number of hydrogen-bond acceptors (Lipinski definition) is 0. The van der Waals surface area contributed by atoms with Crippen molar-refractivity contribution >= 4 is 0 Å². The first-order valence-corrected chi connectivity index (χ1v) is 11.6. The zero-order valence-electron chi connectivity index (χ0n) is 17.7. The molecule has 0 bridgehead atoms. The van der Waals surface area contributed by atoms with Crippen LogP contribution in [0.4, 0.5) is 13.2 Å². The summed E-state index contributed by atoms with van der Waals surface area (Å²) in [6.07, 6.45) is 11.7. The summed E-state index contributed by atoms with van der Waals surface area (Å²) in [6, 6.07) is 9.07. The van der Waals surface area contributed by atoms with E-state index in [0.717, 1.165) is 25.7 Å². The van der Waals surface area contributed by atoms with Crippen molar-refractivity contribution in [2.24, 2.45) is 5.92 Å². The van der Waals surface area contributed by atoms with Gasteiger partial charge in [0.25, 0.3) is 0 Å². The predicted molar refractivity (Wildman–Crippen MR) is 113 cm³/mol. The minimum Gasteiger partial charge on any atom is -0.171 e. The van der Waals surface area contributed by atoms with Crippen molar-refractivity contribution in [3.8, 4) is 0 Å². The van der Waals surface area contributed by atoms with Crippen LogP contribution in [0.25, 0.3) is 0 Å². The number of halogens is 3. The Bertz CT molecular complexity index is 510. The Kier molecular flexibility index (Phi) is 10.4.